The molecule has 0 aliphatic carbocycles. The predicted molar refractivity (Wildman–Crippen MR) is 72.3 cm³/mol. The van der Waals surface area contributed by atoms with Gasteiger partial charge < -0.3 is 4.74 Å². The fourth-order valence-corrected chi connectivity index (χ4v) is 1.94. The van der Waals surface area contributed by atoms with Crippen LogP contribution in [0.3, 0.4) is 0 Å². The molecular formula is C14H17NO5. The maximum atomic E-state index is 11.7. The molecule has 0 heterocycles. The summed E-state index contributed by atoms with van der Waals surface area (Å²) in [5.41, 5.74) is 1.05. The van der Waals surface area contributed by atoms with E-state index in [2.05, 4.69) is 0 Å². The van der Waals surface area contributed by atoms with Gasteiger partial charge in [0, 0.05) is 11.6 Å². The molecule has 0 saturated heterocycles. The number of nitro groups is 1. The van der Waals surface area contributed by atoms with E-state index in [1.165, 1.54) is 13.0 Å². The van der Waals surface area contributed by atoms with Crippen molar-refractivity contribution in [1.82, 2.24) is 0 Å². The Labute approximate surface area is 116 Å². The SMILES string of the molecule is CCOC(=O)C(Cc1cccc([N+](=O)[O-])c1C)C(C)=O. The molecule has 1 aromatic carbocycles. The fraction of sp³-hybridized carbons (Fsp3) is 0.429. The van der Waals surface area contributed by atoms with E-state index in [1.807, 2.05) is 0 Å². The summed E-state index contributed by atoms with van der Waals surface area (Å²) in [6.07, 6.45) is 0.113. The highest BCUT2D eigenvalue weighted by atomic mass is 16.6. The number of rotatable bonds is 6. The van der Waals surface area contributed by atoms with Gasteiger partial charge in [0.2, 0.25) is 0 Å². The Balaban J connectivity index is 3.06. The Bertz CT molecular complexity index is 538. The van der Waals surface area contributed by atoms with Gasteiger partial charge in [0.1, 0.15) is 11.7 Å². The van der Waals surface area contributed by atoms with E-state index in [9.17, 15) is 19.7 Å². The molecule has 0 aliphatic heterocycles. The zero-order chi connectivity index (χ0) is 15.3. The van der Waals surface area contributed by atoms with Crippen molar-refractivity contribution in [2.24, 2.45) is 5.92 Å². The number of ketones is 1. The van der Waals surface area contributed by atoms with Crippen LogP contribution in [0.5, 0.6) is 0 Å². The zero-order valence-electron chi connectivity index (χ0n) is 11.7. The van der Waals surface area contributed by atoms with Gasteiger partial charge in [-0.15, -0.1) is 0 Å². The fourth-order valence-electron chi connectivity index (χ4n) is 1.94. The number of benzene rings is 1. The lowest BCUT2D eigenvalue weighted by Crippen LogP contribution is -2.26. The summed E-state index contributed by atoms with van der Waals surface area (Å²) in [6.45, 7) is 4.77. The first-order chi connectivity index (χ1) is 9.38. The minimum absolute atomic E-state index is 0.0198. The second-order valence-corrected chi connectivity index (χ2v) is 4.44. The standard InChI is InChI=1S/C14H17NO5/c1-4-20-14(17)12(10(3)16)8-11-6-5-7-13(9(11)2)15(18)19/h5-7,12H,4,8H2,1-3H3. The number of esters is 1. The van der Waals surface area contributed by atoms with E-state index in [0.29, 0.717) is 11.1 Å². The zero-order valence-corrected chi connectivity index (χ0v) is 11.7. The number of carbonyl (C=O) groups is 2. The molecule has 6 heteroatoms. The Morgan fingerprint density at radius 3 is 2.55 bits per heavy atom. The maximum absolute atomic E-state index is 11.7. The van der Waals surface area contributed by atoms with Crippen molar-refractivity contribution in [3.05, 3.63) is 39.4 Å². The average molecular weight is 279 g/mol. The van der Waals surface area contributed by atoms with Gasteiger partial charge >= 0.3 is 5.97 Å². The Hall–Kier alpha value is -2.24. The van der Waals surface area contributed by atoms with Gasteiger partial charge in [-0.3, -0.25) is 19.7 Å². The first kappa shape index (κ1) is 15.8. The number of ether oxygens (including phenoxy) is 1. The molecule has 0 fully saturated rings. The quantitative estimate of drug-likeness (QED) is 0.345. The van der Waals surface area contributed by atoms with E-state index in [-0.39, 0.29) is 24.5 Å². The molecule has 0 N–H and O–H groups in total. The molecule has 0 saturated carbocycles. The highest BCUT2D eigenvalue weighted by Crippen LogP contribution is 2.24. The van der Waals surface area contributed by atoms with Gasteiger partial charge in [0.05, 0.1) is 11.5 Å². The Morgan fingerprint density at radius 2 is 2.05 bits per heavy atom. The average Bonchev–Trinajstić information content (AvgIpc) is 2.36. The van der Waals surface area contributed by atoms with E-state index < -0.39 is 16.8 Å². The van der Waals surface area contributed by atoms with Crippen LogP contribution in [0.2, 0.25) is 0 Å². The first-order valence-electron chi connectivity index (χ1n) is 6.28. The normalized spacial score (nSPS) is 11.8. The van der Waals surface area contributed by atoms with Crippen molar-refractivity contribution in [1.29, 1.82) is 0 Å². The molecule has 0 aromatic heterocycles. The van der Waals surface area contributed by atoms with E-state index >= 15 is 0 Å². The number of Topliss-reactive ketones (excluding diaryl/α,β-unsaturated/α-hetero) is 1. The molecule has 0 radical (unpaired) electrons. The topological polar surface area (TPSA) is 86.5 Å². The molecule has 6 nitrogen and oxygen atoms in total. The predicted octanol–water partition coefficient (Wildman–Crippen LogP) is 2.21. The summed E-state index contributed by atoms with van der Waals surface area (Å²) in [6, 6.07) is 4.62. The van der Waals surface area contributed by atoms with Crippen LogP contribution in [-0.4, -0.2) is 23.3 Å². The molecule has 20 heavy (non-hydrogen) atoms. The lowest BCUT2D eigenvalue weighted by atomic mass is 9.93. The van der Waals surface area contributed by atoms with Crippen LogP contribution in [0.1, 0.15) is 25.0 Å². The highest BCUT2D eigenvalue weighted by molar-refractivity contribution is 5.98. The molecule has 1 unspecified atom stereocenters. The maximum Gasteiger partial charge on any atom is 0.316 e. The van der Waals surface area contributed by atoms with E-state index in [4.69, 9.17) is 4.74 Å². The molecule has 0 amide bonds. The summed E-state index contributed by atoms with van der Waals surface area (Å²) >= 11 is 0. The van der Waals surface area contributed by atoms with Crippen molar-refractivity contribution in [3.63, 3.8) is 0 Å². The third-order valence-electron chi connectivity index (χ3n) is 3.10. The molecule has 0 bridgehead atoms. The minimum atomic E-state index is -0.921. The third-order valence-corrected chi connectivity index (χ3v) is 3.10. The number of hydrogen-bond acceptors (Lipinski definition) is 5. The van der Waals surface area contributed by atoms with Crippen LogP contribution < -0.4 is 0 Å². The second-order valence-electron chi connectivity index (χ2n) is 4.44. The molecule has 1 atom stereocenters. The van der Waals surface area contributed by atoms with Gasteiger partial charge in [-0.2, -0.15) is 0 Å². The number of hydrogen-bond donors (Lipinski definition) is 0. The Morgan fingerprint density at radius 1 is 1.40 bits per heavy atom. The minimum Gasteiger partial charge on any atom is -0.465 e. The lowest BCUT2D eigenvalue weighted by molar-refractivity contribution is -0.385. The van der Waals surface area contributed by atoms with Gasteiger partial charge in [-0.05, 0) is 32.8 Å². The van der Waals surface area contributed by atoms with Crippen LogP contribution >= 0.6 is 0 Å². The largest absolute Gasteiger partial charge is 0.465 e. The summed E-state index contributed by atoms with van der Waals surface area (Å²) in [7, 11) is 0. The second kappa shape index (κ2) is 6.79. The molecule has 108 valence electrons. The van der Waals surface area contributed by atoms with Crippen molar-refractivity contribution in [3.8, 4) is 0 Å². The number of carbonyl (C=O) groups excluding carboxylic acids is 2. The van der Waals surface area contributed by atoms with E-state index in [1.54, 1.807) is 26.0 Å². The Kier molecular flexibility index (Phi) is 5.37. The highest BCUT2D eigenvalue weighted by Gasteiger charge is 2.26. The van der Waals surface area contributed by atoms with Crippen LogP contribution in [-0.2, 0) is 20.7 Å². The lowest BCUT2D eigenvalue weighted by Gasteiger charge is -2.14. The van der Waals surface area contributed by atoms with Gasteiger partial charge in [0.15, 0.2) is 0 Å². The third kappa shape index (κ3) is 3.63. The molecule has 0 aliphatic rings. The van der Waals surface area contributed by atoms with Crippen molar-refractivity contribution in [2.75, 3.05) is 6.61 Å². The van der Waals surface area contributed by atoms with Crippen LogP contribution in [0.25, 0.3) is 0 Å². The monoisotopic (exact) mass is 279 g/mol. The smallest absolute Gasteiger partial charge is 0.316 e. The van der Waals surface area contributed by atoms with Gasteiger partial charge in [0.25, 0.3) is 5.69 Å². The molecule has 1 aromatic rings. The summed E-state index contributed by atoms with van der Waals surface area (Å²) < 4.78 is 4.86. The molecule has 0 spiro atoms. The van der Waals surface area contributed by atoms with Crippen LogP contribution in [0, 0.1) is 23.0 Å². The van der Waals surface area contributed by atoms with Crippen molar-refractivity contribution in [2.45, 2.75) is 27.2 Å². The van der Waals surface area contributed by atoms with E-state index in [0.717, 1.165) is 0 Å². The van der Waals surface area contributed by atoms with Gasteiger partial charge in [-0.1, -0.05) is 12.1 Å². The summed E-state index contributed by atoms with van der Waals surface area (Å²) in [4.78, 5) is 33.7. The molecule has 1 rings (SSSR count). The van der Waals surface area contributed by atoms with Crippen molar-refractivity contribution < 1.29 is 19.2 Å². The van der Waals surface area contributed by atoms with Crippen molar-refractivity contribution >= 4 is 17.4 Å². The first-order valence-corrected chi connectivity index (χ1v) is 6.28. The van der Waals surface area contributed by atoms with Crippen LogP contribution in [0.4, 0.5) is 5.69 Å². The summed E-state index contributed by atoms with van der Waals surface area (Å²) in [5, 5.41) is 10.9. The van der Waals surface area contributed by atoms with Gasteiger partial charge in [-0.25, -0.2) is 0 Å². The summed E-state index contributed by atoms with van der Waals surface area (Å²) in [5.74, 6) is -1.82. The van der Waals surface area contributed by atoms with Crippen LogP contribution in [0.15, 0.2) is 18.2 Å². The molecular weight excluding hydrogens is 262 g/mol. The number of nitrogens with zero attached hydrogens (tertiary/aromatic N) is 1. The number of nitro benzene ring substituents is 1.